The predicted octanol–water partition coefficient (Wildman–Crippen LogP) is 3.42. The number of para-hydroxylation sites is 2. The van der Waals surface area contributed by atoms with Crippen LogP contribution in [0.25, 0.3) is 0 Å². The molecule has 4 rings (SSSR count). The fraction of sp³-hybridized carbons (Fsp3) is 0.238. The van der Waals surface area contributed by atoms with Gasteiger partial charge in [0.15, 0.2) is 23.2 Å². The highest BCUT2D eigenvalue weighted by Crippen LogP contribution is 2.29. The Hall–Kier alpha value is -2.90. The maximum Gasteiger partial charge on any atom is 0.264 e. The number of aromatic nitrogens is 1. The van der Waals surface area contributed by atoms with Gasteiger partial charge in [-0.15, -0.1) is 11.3 Å². The number of carbonyl (C=O) groups is 1. The smallest absolute Gasteiger partial charge is 0.264 e. The molecule has 1 aliphatic heterocycles. The van der Waals surface area contributed by atoms with E-state index in [0.717, 1.165) is 31.7 Å². The highest BCUT2D eigenvalue weighted by Gasteiger charge is 2.21. The molecule has 2 heterocycles. The molecular formula is C21H21N3O3S. The Labute approximate surface area is 167 Å². The van der Waals surface area contributed by atoms with Gasteiger partial charge in [0.1, 0.15) is 0 Å². The first-order valence-corrected chi connectivity index (χ1v) is 9.94. The number of thiazole rings is 1. The summed E-state index contributed by atoms with van der Waals surface area (Å²) in [4.78, 5) is 20.3. The van der Waals surface area contributed by atoms with Crippen LogP contribution in [0, 0.1) is 0 Å². The van der Waals surface area contributed by atoms with E-state index in [2.05, 4.69) is 39.5 Å². The first kappa shape index (κ1) is 18.5. The van der Waals surface area contributed by atoms with Crippen LogP contribution in [0.4, 0.5) is 5.13 Å². The van der Waals surface area contributed by atoms with Gasteiger partial charge in [-0.2, -0.15) is 0 Å². The van der Waals surface area contributed by atoms with Crippen molar-refractivity contribution in [3.8, 4) is 11.5 Å². The molecule has 0 aliphatic carbocycles. The molecule has 0 spiro atoms. The third-order valence-corrected chi connectivity index (χ3v) is 5.53. The summed E-state index contributed by atoms with van der Waals surface area (Å²) >= 11 is 1.51. The van der Waals surface area contributed by atoms with Crippen LogP contribution in [0.15, 0.2) is 54.6 Å². The van der Waals surface area contributed by atoms with Gasteiger partial charge in [-0.3, -0.25) is 15.0 Å². The van der Waals surface area contributed by atoms with Crippen molar-refractivity contribution in [2.24, 2.45) is 0 Å². The molecular weight excluding hydrogens is 374 g/mol. The van der Waals surface area contributed by atoms with E-state index in [4.69, 9.17) is 4.74 Å². The van der Waals surface area contributed by atoms with Gasteiger partial charge in [0.2, 0.25) is 0 Å². The number of aromatic hydroxyl groups is 1. The molecule has 0 saturated carbocycles. The zero-order chi connectivity index (χ0) is 19.3. The second-order valence-electron chi connectivity index (χ2n) is 6.64. The number of carbonyl (C=O) groups excluding carboxylic acids is 1. The van der Waals surface area contributed by atoms with Crippen molar-refractivity contribution < 1.29 is 14.6 Å². The molecule has 1 aromatic heterocycles. The molecule has 6 nitrogen and oxygen atoms in total. The molecule has 3 aromatic rings. The molecule has 0 radical (unpaired) electrons. The summed E-state index contributed by atoms with van der Waals surface area (Å²) in [6, 6.07) is 17.0. The first-order chi connectivity index (χ1) is 13.7. The minimum Gasteiger partial charge on any atom is -0.504 e. The Kier molecular flexibility index (Phi) is 5.55. The number of hydrogen-bond donors (Lipinski definition) is 2. The van der Waals surface area contributed by atoms with Crippen LogP contribution in [-0.2, 0) is 24.3 Å². The second-order valence-corrected chi connectivity index (χ2v) is 7.72. The average Bonchev–Trinajstić information content (AvgIpc) is 3.09. The maximum absolute atomic E-state index is 12.2. The highest BCUT2D eigenvalue weighted by atomic mass is 32.1. The van der Waals surface area contributed by atoms with Crippen molar-refractivity contribution >= 4 is 22.4 Å². The molecule has 0 bridgehead atoms. The van der Waals surface area contributed by atoms with E-state index < -0.39 is 0 Å². The quantitative estimate of drug-likeness (QED) is 0.669. The number of ether oxygens (including phenoxy) is 1. The van der Waals surface area contributed by atoms with Gasteiger partial charge in [-0.25, -0.2) is 4.98 Å². The number of hydrogen-bond acceptors (Lipinski definition) is 6. The lowest BCUT2D eigenvalue weighted by Crippen LogP contribution is -2.29. The number of benzene rings is 2. The maximum atomic E-state index is 12.2. The molecule has 28 heavy (non-hydrogen) atoms. The molecule has 0 saturated heterocycles. The number of fused-ring (bicyclic) bond motifs is 1. The first-order valence-electron chi connectivity index (χ1n) is 9.13. The van der Waals surface area contributed by atoms with Crippen molar-refractivity contribution in [1.29, 1.82) is 0 Å². The van der Waals surface area contributed by atoms with Crippen molar-refractivity contribution in [2.75, 3.05) is 18.5 Å². The van der Waals surface area contributed by atoms with Crippen LogP contribution in [0.1, 0.15) is 16.1 Å². The molecule has 7 heteroatoms. The van der Waals surface area contributed by atoms with E-state index in [1.54, 1.807) is 18.2 Å². The van der Waals surface area contributed by atoms with E-state index >= 15 is 0 Å². The Balaban J connectivity index is 1.32. The molecule has 2 N–H and O–H groups in total. The zero-order valence-corrected chi connectivity index (χ0v) is 16.1. The lowest BCUT2D eigenvalue weighted by atomic mass is 10.1. The summed E-state index contributed by atoms with van der Waals surface area (Å²) in [6.07, 6.45) is 0.878. The summed E-state index contributed by atoms with van der Waals surface area (Å²) in [5.74, 6) is 0.00153. The molecule has 0 fully saturated rings. The van der Waals surface area contributed by atoms with Gasteiger partial charge in [-0.1, -0.05) is 42.5 Å². The summed E-state index contributed by atoms with van der Waals surface area (Å²) < 4.78 is 5.36. The zero-order valence-electron chi connectivity index (χ0n) is 15.3. The van der Waals surface area contributed by atoms with Gasteiger partial charge in [0.25, 0.3) is 5.91 Å². The molecule has 144 valence electrons. The molecule has 1 amide bonds. The van der Waals surface area contributed by atoms with Crippen LogP contribution in [0.2, 0.25) is 0 Å². The summed E-state index contributed by atoms with van der Waals surface area (Å²) in [5, 5.41) is 13.1. The summed E-state index contributed by atoms with van der Waals surface area (Å²) in [5.41, 5.74) is 2.36. The lowest BCUT2D eigenvalue weighted by molar-refractivity contribution is -0.118. The number of nitrogens with zero attached hydrogens (tertiary/aromatic N) is 2. The highest BCUT2D eigenvalue weighted by molar-refractivity contribution is 7.15. The van der Waals surface area contributed by atoms with E-state index in [1.165, 1.54) is 27.8 Å². The summed E-state index contributed by atoms with van der Waals surface area (Å²) in [6.45, 7) is 2.53. The Morgan fingerprint density at radius 2 is 1.96 bits per heavy atom. The fourth-order valence-corrected chi connectivity index (χ4v) is 4.22. The Morgan fingerprint density at radius 3 is 2.79 bits per heavy atom. The van der Waals surface area contributed by atoms with E-state index in [9.17, 15) is 9.90 Å². The van der Waals surface area contributed by atoms with E-state index in [1.807, 2.05) is 6.07 Å². The van der Waals surface area contributed by atoms with Crippen LogP contribution >= 0.6 is 11.3 Å². The van der Waals surface area contributed by atoms with Crippen LogP contribution in [-0.4, -0.2) is 34.0 Å². The standard InChI is InChI=1S/C21H21N3O3S/c25-17-8-4-5-9-18(17)27-14-20(26)23-21-22-16-10-11-24(13-19(16)28-21)12-15-6-2-1-3-7-15/h1-9,25H,10-14H2,(H,22,23,26). The van der Waals surface area contributed by atoms with E-state index in [-0.39, 0.29) is 24.0 Å². The molecule has 0 atom stereocenters. The molecule has 1 aliphatic rings. The largest absolute Gasteiger partial charge is 0.504 e. The topological polar surface area (TPSA) is 74.7 Å². The van der Waals surface area contributed by atoms with Gasteiger partial charge < -0.3 is 9.84 Å². The van der Waals surface area contributed by atoms with Gasteiger partial charge >= 0.3 is 0 Å². The van der Waals surface area contributed by atoms with Gasteiger partial charge in [-0.05, 0) is 17.7 Å². The van der Waals surface area contributed by atoms with Crippen LogP contribution in [0.3, 0.4) is 0 Å². The van der Waals surface area contributed by atoms with Crippen LogP contribution in [0.5, 0.6) is 11.5 Å². The number of anilines is 1. The second kappa shape index (κ2) is 8.41. The monoisotopic (exact) mass is 395 g/mol. The predicted molar refractivity (Wildman–Crippen MR) is 109 cm³/mol. The van der Waals surface area contributed by atoms with Gasteiger partial charge in [0, 0.05) is 30.9 Å². The number of nitrogens with one attached hydrogen (secondary N) is 1. The molecule has 2 aromatic carbocycles. The Morgan fingerprint density at radius 1 is 1.18 bits per heavy atom. The number of amides is 1. The fourth-order valence-electron chi connectivity index (χ4n) is 3.16. The van der Waals surface area contributed by atoms with Crippen molar-refractivity contribution in [2.45, 2.75) is 19.5 Å². The Bertz CT molecular complexity index is 959. The van der Waals surface area contributed by atoms with Crippen molar-refractivity contribution in [1.82, 2.24) is 9.88 Å². The van der Waals surface area contributed by atoms with E-state index in [0.29, 0.717) is 5.13 Å². The number of rotatable bonds is 6. The number of phenolic OH excluding ortho intramolecular Hbond substituents is 1. The molecule has 0 unspecified atom stereocenters. The average molecular weight is 395 g/mol. The minimum absolute atomic E-state index is 0.0125. The lowest BCUT2D eigenvalue weighted by Gasteiger charge is -2.25. The third kappa shape index (κ3) is 4.49. The summed E-state index contributed by atoms with van der Waals surface area (Å²) in [7, 11) is 0. The van der Waals surface area contributed by atoms with Crippen molar-refractivity contribution in [3.05, 3.63) is 70.7 Å². The SMILES string of the molecule is O=C(COc1ccccc1O)Nc1nc2c(s1)CN(Cc1ccccc1)CC2. The van der Waals surface area contributed by atoms with Crippen LogP contribution < -0.4 is 10.1 Å². The van der Waals surface area contributed by atoms with Gasteiger partial charge in [0.05, 0.1) is 5.69 Å². The third-order valence-electron chi connectivity index (χ3n) is 4.53. The normalized spacial score (nSPS) is 13.7. The number of phenols is 1. The van der Waals surface area contributed by atoms with Crippen molar-refractivity contribution in [3.63, 3.8) is 0 Å². The minimum atomic E-state index is -0.296.